The molecule has 1 rings (SSSR count). The Morgan fingerprint density at radius 1 is 1.12 bits per heavy atom. The van der Waals surface area contributed by atoms with Crippen LogP contribution in [0.15, 0.2) is 23.2 Å². The van der Waals surface area contributed by atoms with Crippen LogP contribution in [-0.2, 0) is 21.9 Å². The molecule has 1 aromatic carbocycles. The third kappa shape index (κ3) is 6.62. The lowest BCUT2D eigenvalue weighted by atomic mass is 10.0. The topological polar surface area (TPSA) is 38.7 Å². The average Bonchev–Trinajstić information content (AvgIpc) is 2.51. The van der Waals surface area contributed by atoms with Gasteiger partial charge in [0.2, 0.25) is 0 Å². The van der Waals surface area contributed by atoms with Crippen LogP contribution in [0.5, 0.6) is 0 Å². The molecule has 0 aliphatic carbocycles. The molecule has 3 nitrogen and oxygen atoms in total. The molecular weight excluding hydrogens is 432 g/mol. The van der Waals surface area contributed by atoms with Crippen LogP contribution in [0, 0.1) is 0 Å². The van der Waals surface area contributed by atoms with Gasteiger partial charge in [0.25, 0.3) is 0 Å². The van der Waals surface area contributed by atoms with Crippen molar-refractivity contribution in [2.45, 2.75) is 38.2 Å². The first kappa shape index (κ1) is 22.5. The van der Waals surface area contributed by atoms with Gasteiger partial charge in [-0.15, -0.1) is 0 Å². The summed E-state index contributed by atoms with van der Waals surface area (Å²) in [5, 5.41) is 0.153. The highest BCUT2D eigenvalue weighted by molar-refractivity contribution is 9.09. The van der Waals surface area contributed by atoms with E-state index in [1.165, 1.54) is 6.92 Å². The third-order valence-electron chi connectivity index (χ3n) is 3.25. The first-order valence-electron chi connectivity index (χ1n) is 7.37. The monoisotopic (exact) mass is 447 g/mol. The van der Waals surface area contributed by atoms with E-state index in [2.05, 4.69) is 20.9 Å². The van der Waals surface area contributed by atoms with Crippen LogP contribution >= 0.6 is 15.9 Å². The lowest BCUT2D eigenvalue weighted by Gasteiger charge is -2.21. The summed E-state index contributed by atoms with van der Waals surface area (Å²) >= 11 is 3.14. The van der Waals surface area contributed by atoms with Gasteiger partial charge >= 0.3 is 18.3 Å². The Morgan fingerprint density at radius 3 is 2.00 bits per heavy atom. The van der Waals surface area contributed by atoms with Crippen molar-refractivity contribution in [1.82, 2.24) is 0 Å². The van der Waals surface area contributed by atoms with Gasteiger partial charge in [-0.3, -0.25) is 9.79 Å². The maximum atomic E-state index is 12.9. The second-order valence-corrected chi connectivity index (χ2v) is 6.27. The molecule has 0 aliphatic heterocycles. The van der Waals surface area contributed by atoms with Crippen molar-refractivity contribution >= 4 is 28.1 Å². The van der Waals surface area contributed by atoms with Gasteiger partial charge in [-0.05, 0) is 37.6 Å². The molecule has 0 N–H and O–H groups in total. The van der Waals surface area contributed by atoms with Crippen LogP contribution < -0.4 is 0 Å². The lowest BCUT2D eigenvalue weighted by Crippen LogP contribution is -2.29. The molecule has 0 spiro atoms. The van der Waals surface area contributed by atoms with Crippen molar-refractivity contribution in [3.8, 4) is 0 Å². The number of halogens is 7. The summed E-state index contributed by atoms with van der Waals surface area (Å²) in [4.78, 5) is 15.6. The van der Waals surface area contributed by atoms with E-state index >= 15 is 0 Å². The highest BCUT2D eigenvalue weighted by Gasteiger charge is 2.37. The standard InChI is InChI=1S/C16H16BrF6NO2/c1-3-26-13(25)7-14(2,9-17)24-8-10-4-11(15(18,19)20)6-12(5-10)16(21,22)23/h4-6,8H,3,7,9H2,1-2H3/b24-8+. The van der Waals surface area contributed by atoms with Crippen molar-refractivity contribution in [3.05, 3.63) is 34.9 Å². The number of carbonyl (C=O) groups is 1. The zero-order valence-corrected chi connectivity index (χ0v) is 15.4. The summed E-state index contributed by atoms with van der Waals surface area (Å²) in [6.07, 6.45) is -9.17. The largest absolute Gasteiger partial charge is 0.466 e. The molecule has 0 aromatic heterocycles. The minimum Gasteiger partial charge on any atom is -0.466 e. The number of alkyl halides is 7. The Bertz CT molecular complexity index is 639. The number of rotatable bonds is 6. The molecule has 1 aromatic rings. The van der Waals surface area contributed by atoms with Crippen LogP contribution in [0.4, 0.5) is 26.3 Å². The molecule has 0 amide bonds. The van der Waals surface area contributed by atoms with Gasteiger partial charge < -0.3 is 4.74 Å². The summed E-state index contributed by atoms with van der Waals surface area (Å²) in [7, 11) is 0. The maximum Gasteiger partial charge on any atom is 0.416 e. The van der Waals surface area contributed by atoms with Gasteiger partial charge in [-0.2, -0.15) is 26.3 Å². The summed E-state index contributed by atoms with van der Waals surface area (Å²) in [5.41, 5.74) is -4.32. The molecule has 26 heavy (non-hydrogen) atoms. The van der Waals surface area contributed by atoms with E-state index in [1.807, 2.05) is 0 Å². The summed E-state index contributed by atoms with van der Waals surface area (Å²) in [5.74, 6) is -0.577. The second kappa shape index (κ2) is 8.41. The first-order chi connectivity index (χ1) is 11.8. The smallest absolute Gasteiger partial charge is 0.416 e. The van der Waals surface area contributed by atoms with Gasteiger partial charge in [0, 0.05) is 11.5 Å². The van der Waals surface area contributed by atoms with E-state index in [0.717, 1.165) is 6.21 Å². The average molecular weight is 448 g/mol. The zero-order chi connectivity index (χ0) is 20.2. The van der Waals surface area contributed by atoms with Gasteiger partial charge in [0.05, 0.1) is 29.7 Å². The van der Waals surface area contributed by atoms with E-state index in [1.54, 1.807) is 6.92 Å². The number of carbonyl (C=O) groups excluding carboxylic acids is 1. The molecule has 0 saturated carbocycles. The van der Waals surface area contributed by atoms with Crippen LogP contribution in [0.2, 0.25) is 0 Å². The fourth-order valence-corrected chi connectivity index (χ4v) is 2.28. The Hall–Kier alpha value is -1.58. The molecule has 10 heteroatoms. The molecule has 1 unspecified atom stereocenters. The SMILES string of the molecule is CCOC(=O)CC(C)(CBr)/N=C/c1cc(C(F)(F)F)cc(C(F)(F)F)c1. The number of hydrogen-bond acceptors (Lipinski definition) is 3. The summed E-state index contributed by atoms with van der Waals surface area (Å²) in [6, 6.07) is 1.18. The number of aliphatic imine (C=N–C) groups is 1. The number of esters is 1. The van der Waals surface area contributed by atoms with E-state index < -0.39 is 35.0 Å². The van der Waals surface area contributed by atoms with Crippen molar-refractivity contribution < 1.29 is 35.9 Å². The van der Waals surface area contributed by atoms with Crippen molar-refractivity contribution in [1.29, 1.82) is 0 Å². The molecule has 0 aliphatic rings. The fraction of sp³-hybridized carbons (Fsp3) is 0.500. The quantitative estimate of drug-likeness (QED) is 0.258. The van der Waals surface area contributed by atoms with Crippen molar-refractivity contribution in [3.63, 3.8) is 0 Å². The summed E-state index contributed by atoms with van der Waals surface area (Å²) in [6.45, 7) is 3.27. The molecule has 146 valence electrons. The molecule has 1 atom stereocenters. The normalized spacial score (nSPS) is 15.1. The maximum absolute atomic E-state index is 12.9. The number of hydrogen-bond donors (Lipinski definition) is 0. The fourth-order valence-electron chi connectivity index (χ4n) is 1.93. The van der Waals surface area contributed by atoms with Crippen LogP contribution in [0.1, 0.15) is 37.0 Å². The Balaban J connectivity index is 3.24. The van der Waals surface area contributed by atoms with Crippen LogP contribution in [0.3, 0.4) is 0 Å². The van der Waals surface area contributed by atoms with E-state index in [9.17, 15) is 31.1 Å². The van der Waals surface area contributed by atoms with Gasteiger partial charge in [-0.25, -0.2) is 0 Å². The first-order valence-corrected chi connectivity index (χ1v) is 8.49. The predicted octanol–water partition coefficient (Wildman–Crippen LogP) is 5.25. The van der Waals surface area contributed by atoms with Crippen molar-refractivity contribution in [2.75, 3.05) is 11.9 Å². The highest BCUT2D eigenvalue weighted by atomic mass is 79.9. The van der Waals surface area contributed by atoms with Crippen LogP contribution in [-0.4, -0.2) is 29.7 Å². The second-order valence-electron chi connectivity index (χ2n) is 5.71. The molecule has 0 heterocycles. The molecular formula is C16H16BrF6NO2. The predicted molar refractivity (Wildman–Crippen MR) is 87.5 cm³/mol. The minimum absolute atomic E-state index is 0.0413. The number of nitrogens with zero attached hydrogens (tertiary/aromatic N) is 1. The highest BCUT2D eigenvalue weighted by Crippen LogP contribution is 2.36. The van der Waals surface area contributed by atoms with Gasteiger partial charge in [-0.1, -0.05) is 15.9 Å². The van der Waals surface area contributed by atoms with Gasteiger partial charge in [0.15, 0.2) is 0 Å². The Labute approximate surface area is 154 Å². The van der Waals surface area contributed by atoms with Crippen molar-refractivity contribution in [2.24, 2.45) is 4.99 Å². The molecule has 0 saturated heterocycles. The molecule has 0 fully saturated rings. The molecule has 0 radical (unpaired) electrons. The zero-order valence-electron chi connectivity index (χ0n) is 13.8. The molecule has 0 bridgehead atoms. The Kier molecular flexibility index (Phi) is 7.26. The van der Waals surface area contributed by atoms with E-state index in [0.29, 0.717) is 12.1 Å². The number of benzene rings is 1. The lowest BCUT2D eigenvalue weighted by molar-refractivity contribution is -0.144. The van der Waals surface area contributed by atoms with E-state index in [4.69, 9.17) is 4.74 Å². The van der Waals surface area contributed by atoms with Gasteiger partial charge in [0.1, 0.15) is 0 Å². The van der Waals surface area contributed by atoms with E-state index in [-0.39, 0.29) is 30.0 Å². The third-order valence-corrected chi connectivity index (χ3v) is 4.46. The summed E-state index contributed by atoms with van der Waals surface area (Å²) < 4.78 is 81.9. The minimum atomic E-state index is -4.94. The Morgan fingerprint density at radius 2 is 1.62 bits per heavy atom. The number of ether oxygens (including phenoxy) is 1. The van der Waals surface area contributed by atoms with Crippen LogP contribution in [0.25, 0.3) is 0 Å².